The summed E-state index contributed by atoms with van der Waals surface area (Å²) in [7, 11) is 0. The SMILES string of the molecule is O=C(O)CCCC(F)(F)CCN1C(=O)SCC1C=CC(O)C(F)c1ccccc1. The molecule has 1 heterocycles. The van der Waals surface area contributed by atoms with Gasteiger partial charge in [-0.1, -0.05) is 54.2 Å². The van der Waals surface area contributed by atoms with E-state index in [0.29, 0.717) is 11.3 Å². The van der Waals surface area contributed by atoms with E-state index in [0.717, 1.165) is 11.8 Å². The van der Waals surface area contributed by atoms with Crippen molar-refractivity contribution in [3.63, 3.8) is 0 Å². The molecule has 5 nitrogen and oxygen atoms in total. The van der Waals surface area contributed by atoms with Crippen molar-refractivity contribution in [3.05, 3.63) is 48.0 Å². The highest BCUT2D eigenvalue weighted by molar-refractivity contribution is 8.13. The molecule has 2 rings (SSSR count). The zero-order chi connectivity index (χ0) is 21.4. The van der Waals surface area contributed by atoms with Crippen LogP contribution >= 0.6 is 11.8 Å². The monoisotopic (exact) mass is 431 g/mol. The first-order valence-electron chi connectivity index (χ1n) is 9.28. The van der Waals surface area contributed by atoms with Crippen LogP contribution in [0.4, 0.5) is 18.0 Å². The number of carbonyl (C=O) groups is 2. The predicted molar refractivity (Wildman–Crippen MR) is 105 cm³/mol. The van der Waals surface area contributed by atoms with Gasteiger partial charge in [-0.15, -0.1) is 0 Å². The number of benzene rings is 1. The molecule has 1 aromatic carbocycles. The Bertz CT molecular complexity index is 717. The standard InChI is InChI=1S/C20H24F3NO4S/c21-18(14-5-2-1-3-6-14)16(25)9-8-15-13-29-19(28)24(15)12-11-20(22,23)10-4-7-17(26)27/h1-3,5-6,8-9,15-16,18,25H,4,7,10-13H2,(H,26,27). The summed E-state index contributed by atoms with van der Waals surface area (Å²) >= 11 is 0.980. The van der Waals surface area contributed by atoms with Gasteiger partial charge in [-0.2, -0.15) is 0 Å². The maximum absolute atomic E-state index is 14.3. The number of hydrogen-bond donors (Lipinski definition) is 2. The van der Waals surface area contributed by atoms with Crippen LogP contribution < -0.4 is 0 Å². The summed E-state index contributed by atoms with van der Waals surface area (Å²) in [6.45, 7) is -0.200. The van der Waals surface area contributed by atoms with Crippen LogP contribution in [0.3, 0.4) is 0 Å². The molecule has 1 saturated heterocycles. The number of amides is 1. The van der Waals surface area contributed by atoms with Crippen molar-refractivity contribution in [1.29, 1.82) is 0 Å². The van der Waals surface area contributed by atoms with Crippen LogP contribution in [0.25, 0.3) is 0 Å². The molecule has 1 aliphatic heterocycles. The van der Waals surface area contributed by atoms with Gasteiger partial charge in [0.2, 0.25) is 5.92 Å². The fraction of sp³-hybridized carbons (Fsp3) is 0.500. The highest BCUT2D eigenvalue weighted by Crippen LogP contribution is 2.30. The number of carboxylic acids is 1. The summed E-state index contributed by atoms with van der Waals surface area (Å²) in [5.74, 6) is -3.87. The molecule has 0 saturated carbocycles. The third-order valence-electron chi connectivity index (χ3n) is 4.61. The van der Waals surface area contributed by atoms with Crippen molar-refractivity contribution < 1.29 is 33.0 Å². The lowest BCUT2D eigenvalue weighted by Gasteiger charge is -2.25. The minimum absolute atomic E-state index is 0.141. The molecular formula is C20H24F3NO4S. The molecule has 1 amide bonds. The van der Waals surface area contributed by atoms with Crippen molar-refractivity contribution in [2.24, 2.45) is 0 Å². The minimum Gasteiger partial charge on any atom is -0.481 e. The van der Waals surface area contributed by atoms with E-state index in [1.807, 2.05) is 0 Å². The molecule has 160 valence electrons. The van der Waals surface area contributed by atoms with Gasteiger partial charge in [0.25, 0.3) is 5.24 Å². The predicted octanol–water partition coefficient (Wildman–Crippen LogP) is 4.43. The molecule has 29 heavy (non-hydrogen) atoms. The van der Waals surface area contributed by atoms with Gasteiger partial charge in [0.15, 0.2) is 6.17 Å². The Hall–Kier alpha value is -2.00. The van der Waals surface area contributed by atoms with Crippen LogP contribution in [0, 0.1) is 0 Å². The minimum atomic E-state index is -3.08. The van der Waals surface area contributed by atoms with Gasteiger partial charge >= 0.3 is 5.97 Å². The Morgan fingerprint density at radius 2 is 2.00 bits per heavy atom. The lowest BCUT2D eigenvalue weighted by atomic mass is 10.0. The lowest BCUT2D eigenvalue weighted by molar-refractivity contribution is -0.137. The number of aliphatic carboxylic acids is 1. The van der Waals surface area contributed by atoms with Crippen LogP contribution in [0.1, 0.15) is 37.4 Å². The summed E-state index contributed by atoms with van der Waals surface area (Å²) in [6.07, 6.45) is -1.95. The average molecular weight is 431 g/mol. The van der Waals surface area contributed by atoms with Gasteiger partial charge in [-0.3, -0.25) is 9.59 Å². The van der Waals surface area contributed by atoms with E-state index < -0.39 is 43.1 Å². The van der Waals surface area contributed by atoms with Gasteiger partial charge in [0.1, 0.15) is 6.10 Å². The fourth-order valence-corrected chi connectivity index (χ4v) is 3.96. The molecule has 9 heteroatoms. The van der Waals surface area contributed by atoms with Crippen LogP contribution in [-0.2, 0) is 4.79 Å². The van der Waals surface area contributed by atoms with E-state index in [9.17, 15) is 27.9 Å². The average Bonchev–Trinajstić information content (AvgIpc) is 3.03. The molecule has 1 aromatic rings. The number of alkyl halides is 3. The van der Waals surface area contributed by atoms with Gasteiger partial charge in [0, 0.05) is 31.6 Å². The smallest absolute Gasteiger partial charge is 0.303 e. The summed E-state index contributed by atoms with van der Waals surface area (Å²) < 4.78 is 42.2. The van der Waals surface area contributed by atoms with Gasteiger partial charge in [0.05, 0.1) is 6.04 Å². The molecule has 0 aliphatic carbocycles. The quantitative estimate of drug-likeness (QED) is 0.507. The highest BCUT2D eigenvalue weighted by Gasteiger charge is 2.35. The molecule has 0 aromatic heterocycles. The highest BCUT2D eigenvalue weighted by atomic mass is 32.2. The van der Waals surface area contributed by atoms with Crippen molar-refractivity contribution in [3.8, 4) is 0 Å². The van der Waals surface area contributed by atoms with Crippen molar-refractivity contribution >= 4 is 23.0 Å². The maximum Gasteiger partial charge on any atom is 0.303 e. The third kappa shape index (κ3) is 7.40. The number of nitrogens with zero attached hydrogens (tertiary/aromatic N) is 1. The molecular weight excluding hydrogens is 407 g/mol. The maximum atomic E-state index is 14.3. The van der Waals surface area contributed by atoms with E-state index in [2.05, 4.69) is 0 Å². The number of carbonyl (C=O) groups excluding carboxylic acids is 1. The third-order valence-corrected chi connectivity index (χ3v) is 5.60. The van der Waals surface area contributed by atoms with E-state index in [1.165, 1.54) is 17.1 Å². The molecule has 1 aliphatic rings. The zero-order valence-electron chi connectivity index (χ0n) is 15.7. The molecule has 0 spiro atoms. The Balaban J connectivity index is 1.90. The first kappa shape index (κ1) is 23.3. The van der Waals surface area contributed by atoms with Gasteiger partial charge in [-0.25, -0.2) is 13.2 Å². The van der Waals surface area contributed by atoms with Crippen molar-refractivity contribution in [1.82, 2.24) is 4.90 Å². The molecule has 0 radical (unpaired) electrons. The molecule has 0 bridgehead atoms. The normalized spacial score (nSPS) is 19.7. The van der Waals surface area contributed by atoms with Crippen LogP contribution in [-0.4, -0.2) is 56.7 Å². The summed E-state index contributed by atoms with van der Waals surface area (Å²) in [5, 5.41) is 18.2. The molecule has 3 unspecified atom stereocenters. The molecule has 1 fully saturated rings. The van der Waals surface area contributed by atoms with E-state index >= 15 is 0 Å². The Kier molecular flexibility index (Phi) is 8.58. The van der Waals surface area contributed by atoms with Crippen LogP contribution in [0.2, 0.25) is 0 Å². The number of halogens is 3. The Morgan fingerprint density at radius 3 is 2.66 bits per heavy atom. The van der Waals surface area contributed by atoms with Crippen molar-refractivity contribution in [2.45, 2.75) is 49.9 Å². The summed E-state index contributed by atoms with van der Waals surface area (Å²) in [6, 6.07) is 7.63. The van der Waals surface area contributed by atoms with Gasteiger partial charge < -0.3 is 15.1 Å². The van der Waals surface area contributed by atoms with Crippen LogP contribution in [0.5, 0.6) is 0 Å². The fourth-order valence-electron chi connectivity index (χ4n) is 2.96. The number of carboxylic acid groups (broad SMARTS) is 1. The number of rotatable bonds is 11. The second-order valence-electron chi connectivity index (χ2n) is 6.88. The second-order valence-corrected chi connectivity index (χ2v) is 7.85. The first-order valence-corrected chi connectivity index (χ1v) is 10.3. The number of thioether (sulfide) groups is 1. The molecule has 3 atom stereocenters. The lowest BCUT2D eigenvalue weighted by Crippen LogP contribution is -2.36. The number of aliphatic hydroxyl groups excluding tert-OH is 1. The van der Waals surface area contributed by atoms with Crippen molar-refractivity contribution in [2.75, 3.05) is 12.3 Å². The summed E-state index contributed by atoms with van der Waals surface area (Å²) in [4.78, 5) is 23.7. The topological polar surface area (TPSA) is 77.8 Å². The zero-order valence-corrected chi connectivity index (χ0v) is 16.5. The summed E-state index contributed by atoms with van der Waals surface area (Å²) in [5.41, 5.74) is 0.319. The first-order chi connectivity index (χ1) is 13.7. The van der Waals surface area contributed by atoms with Crippen LogP contribution in [0.15, 0.2) is 42.5 Å². The Morgan fingerprint density at radius 1 is 1.31 bits per heavy atom. The van der Waals surface area contributed by atoms with E-state index in [4.69, 9.17) is 5.11 Å². The second kappa shape index (κ2) is 10.7. The largest absolute Gasteiger partial charge is 0.481 e. The van der Waals surface area contributed by atoms with E-state index in [1.54, 1.807) is 30.3 Å². The Labute approximate surface area is 171 Å². The van der Waals surface area contributed by atoms with E-state index in [-0.39, 0.29) is 24.6 Å². The molecule has 2 N–H and O–H groups in total. The van der Waals surface area contributed by atoms with Gasteiger partial charge in [-0.05, 0) is 12.0 Å². The number of hydrogen-bond acceptors (Lipinski definition) is 4. The number of aliphatic hydroxyl groups is 1.